The van der Waals surface area contributed by atoms with Gasteiger partial charge < -0.3 is 0 Å². The van der Waals surface area contributed by atoms with Crippen LogP contribution >= 0.6 is 0 Å². The van der Waals surface area contributed by atoms with E-state index in [9.17, 15) is 0 Å². The largest absolute Gasteiger partial charge is 0.0653 e. The van der Waals surface area contributed by atoms with E-state index in [0.29, 0.717) is 11.8 Å². The van der Waals surface area contributed by atoms with Gasteiger partial charge in [0.15, 0.2) is 0 Å². The molecule has 0 aliphatic rings. The fraction of sp³-hybridized carbons (Fsp3) is 0.379. The van der Waals surface area contributed by atoms with E-state index in [1.54, 1.807) is 16.7 Å². The highest BCUT2D eigenvalue weighted by atomic mass is 14.3. The number of hydrogen-bond donors (Lipinski definition) is 0. The number of aryl methyl sites for hydroxylation is 1. The van der Waals surface area contributed by atoms with Crippen molar-refractivity contribution in [2.75, 3.05) is 0 Å². The van der Waals surface area contributed by atoms with E-state index in [1.807, 2.05) is 0 Å². The van der Waals surface area contributed by atoms with Crippen LogP contribution in [0.2, 0.25) is 0 Å². The molecule has 0 N–H and O–H groups in total. The van der Waals surface area contributed by atoms with Crippen molar-refractivity contribution in [1.29, 1.82) is 0 Å². The Morgan fingerprint density at radius 2 is 1.10 bits per heavy atom. The molecule has 0 radical (unpaired) electrons. The van der Waals surface area contributed by atoms with Crippen molar-refractivity contribution in [3.05, 3.63) is 107 Å². The van der Waals surface area contributed by atoms with Crippen molar-refractivity contribution < 1.29 is 0 Å². The highest BCUT2D eigenvalue weighted by Gasteiger charge is 2.24. The molecule has 0 amide bonds. The van der Waals surface area contributed by atoms with Crippen molar-refractivity contribution in [2.45, 2.75) is 71.1 Å². The van der Waals surface area contributed by atoms with Crippen LogP contribution in [-0.2, 0) is 6.42 Å². The van der Waals surface area contributed by atoms with Gasteiger partial charge in [0.25, 0.3) is 0 Å². The third-order valence-corrected chi connectivity index (χ3v) is 6.03. The molecule has 0 heterocycles. The Labute approximate surface area is 178 Å². The highest BCUT2D eigenvalue weighted by Crippen LogP contribution is 2.40. The van der Waals surface area contributed by atoms with Crippen molar-refractivity contribution in [1.82, 2.24) is 0 Å². The Balaban J connectivity index is 2.20. The van der Waals surface area contributed by atoms with Crippen LogP contribution in [0.25, 0.3) is 0 Å². The second kappa shape index (κ2) is 11.0. The summed E-state index contributed by atoms with van der Waals surface area (Å²) in [6, 6.07) is 29.4. The topological polar surface area (TPSA) is 0 Å². The van der Waals surface area contributed by atoms with E-state index in [0.717, 1.165) is 6.42 Å². The lowest BCUT2D eigenvalue weighted by molar-refractivity contribution is 0.648. The number of benzene rings is 3. The maximum absolute atomic E-state index is 2.41. The SMILES string of the molecule is CCCc1cccc(C(CCC)c2ccccc2)c1C(CCC)c1ccccc1. The van der Waals surface area contributed by atoms with Gasteiger partial charge >= 0.3 is 0 Å². The molecule has 0 bridgehead atoms. The minimum atomic E-state index is 0.469. The van der Waals surface area contributed by atoms with Gasteiger partial charge in [-0.05, 0) is 47.1 Å². The van der Waals surface area contributed by atoms with Gasteiger partial charge in [0.2, 0.25) is 0 Å². The summed E-state index contributed by atoms with van der Waals surface area (Å²) in [7, 11) is 0. The molecule has 0 aliphatic carbocycles. The van der Waals surface area contributed by atoms with Crippen LogP contribution in [0.4, 0.5) is 0 Å². The smallest absolute Gasteiger partial charge is 0.00949 e. The fourth-order valence-corrected chi connectivity index (χ4v) is 4.78. The molecule has 3 rings (SSSR count). The molecule has 2 atom stereocenters. The Kier molecular flexibility index (Phi) is 8.11. The monoisotopic (exact) mass is 384 g/mol. The molecule has 0 nitrogen and oxygen atoms in total. The van der Waals surface area contributed by atoms with Crippen molar-refractivity contribution in [3.63, 3.8) is 0 Å². The van der Waals surface area contributed by atoms with Gasteiger partial charge in [0, 0.05) is 11.8 Å². The molecule has 3 aromatic carbocycles. The molecule has 0 saturated carbocycles. The minimum Gasteiger partial charge on any atom is -0.0653 e. The van der Waals surface area contributed by atoms with Crippen LogP contribution in [-0.4, -0.2) is 0 Å². The van der Waals surface area contributed by atoms with Crippen LogP contribution in [0.15, 0.2) is 78.9 Å². The van der Waals surface area contributed by atoms with Gasteiger partial charge in [-0.25, -0.2) is 0 Å². The lowest BCUT2D eigenvalue weighted by Gasteiger charge is -2.28. The van der Waals surface area contributed by atoms with Crippen LogP contribution in [0.3, 0.4) is 0 Å². The fourth-order valence-electron chi connectivity index (χ4n) is 4.78. The van der Waals surface area contributed by atoms with Gasteiger partial charge in [-0.3, -0.25) is 0 Å². The molecular formula is C29H36. The third kappa shape index (κ3) is 5.18. The summed E-state index contributed by atoms with van der Waals surface area (Å²) in [5, 5.41) is 0. The van der Waals surface area contributed by atoms with Crippen molar-refractivity contribution in [3.8, 4) is 0 Å². The zero-order chi connectivity index (χ0) is 20.5. The second-order valence-electron chi connectivity index (χ2n) is 8.17. The molecule has 0 aliphatic heterocycles. The zero-order valence-corrected chi connectivity index (χ0v) is 18.4. The molecular weight excluding hydrogens is 348 g/mol. The Bertz CT molecular complexity index is 848. The number of rotatable bonds is 10. The highest BCUT2D eigenvalue weighted by molar-refractivity contribution is 5.48. The molecule has 0 aromatic heterocycles. The number of hydrogen-bond acceptors (Lipinski definition) is 0. The maximum Gasteiger partial charge on any atom is 0.00949 e. The summed E-state index contributed by atoms with van der Waals surface area (Å²) in [4.78, 5) is 0. The summed E-state index contributed by atoms with van der Waals surface area (Å²) in [6.45, 7) is 6.93. The van der Waals surface area contributed by atoms with Crippen LogP contribution < -0.4 is 0 Å². The first kappa shape index (κ1) is 21.4. The molecule has 152 valence electrons. The van der Waals surface area contributed by atoms with Gasteiger partial charge in [0.1, 0.15) is 0 Å². The predicted molar refractivity (Wildman–Crippen MR) is 127 cm³/mol. The Morgan fingerprint density at radius 1 is 0.552 bits per heavy atom. The first-order chi connectivity index (χ1) is 14.3. The van der Waals surface area contributed by atoms with Crippen LogP contribution in [0, 0.1) is 0 Å². The van der Waals surface area contributed by atoms with Gasteiger partial charge in [-0.2, -0.15) is 0 Å². The normalized spacial score (nSPS) is 13.2. The summed E-state index contributed by atoms with van der Waals surface area (Å²) in [5.74, 6) is 0.943. The zero-order valence-electron chi connectivity index (χ0n) is 18.4. The maximum atomic E-state index is 2.41. The summed E-state index contributed by atoms with van der Waals surface area (Å²) in [5.41, 5.74) is 7.61. The average molecular weight is 385 g/mol. The average Bonchev–Trinajstić information content (AvgIpc) is 2.77. The van der Waals surface area contributed by atoms with E-state index in [-0.39, 0.29) is 0 Å². The summed E-state index contributed by atoms with van der Waals surface area (Å²) in [6.07, 6.45) is 7.13. The standard InChI is InChI=1S/C29H36/c1-4-14-25-21-13-22-28(26(15-5-2)23-17-9-7-10-18-23)29(25)27(16-6-3)24-19-11-8-12-20-24/h7-13,17-22,26-27H,4-6,14-16H2,1-3H3. The van der Waals surface area contributed by atoms with E-state index < -0.39 is 0 Å². The molecule has 2 unspecified atom stereocenters. The Hall–Kier alpha value is -2.34. The van der Waals surface area contributed by atoms with E-state index in [2.05, 4.69) is 99.6 Å². The molecule has 0 spiro atoms. The lowest BCUT2D eigenvalue weighted by atomic mass is 9.75. The molecule has 3 aromatic rings. The first-order valence-corrected chi connectivity index (χ1v) is 11.5. The van der Waals surface area contributed by atoms with Crippen LogP contribution in [0.1, 0.15) is 92.5 Å². The van der Waals surface area contributed by atoms with Crippen molar-refractivity contribution >= 4 is 0 Å². The third-order valence-electron chi connectivity index (χ3n) is 6.03. The van der Waals surface area contributed by atoms with Crippen molar-refractivity contribution in [2.24, 2.45) is 0 Å². The van der Waals surface area contributed by atoms with Gasteiger partial charge in [-0.1, -0.05) is 119 Å². The second-order valence-corrected chi connectivity index (χ2v) is 8.17. The van der Waals surface area contributed by atoms with Gasteiger partial charge in [-0.15, -0.1) is 0 Å². The molecule has 0 heteroatoms. The predicted octanol–water partition coefficient (Wildman–Crippen LogP) is 8.50. The first-order valence-electron chi connectivity index (χ1n) is 11.5. The quantitative estimate of drug-likeness (QED) is 0.328. The minimum absolute atomic E-state index is 0.469. The summed E-state index contributed by atoms with van der Waals surface area (Å²) >= 11 is 0. The van der Waals surface area contributed by atoms with Gasteiger partial charge in [0.05, 0.1) is 0 Å². The van der Waals surface area contributed by atoms with E-state index >= 15 is 0 Å². The van der Waals surface area contributed by atoms with E-state index in [1.165, 1.54) is 43.2 Å². The lowest BCUT2D eigenvalue weighted by Crippen LogP contribution is -2.13. The van der Waals surface area contributed by atoms with E-state index in [4.69, 9.17) is 0 Å². The summed E-state index contributed by atoms with van der Waals surface area (Å²) < 4.78 is 0. The molecule has 29 heavy (non-hydrogen) atoms. The Morgan fingerprint density at radius 3 is 1.66 bits per heavy atom. The molecule has 0 saturated heterocycles. The molecule has 0 fully saturated rings. The van der Waals surface area contributed by atoms with Crippen LogP contribution in [0.5, 0.6) is 0 Å².